The van der Waals surface area contributed by atoms with Crippen molar-refractivity contribution in [3.05, 3.63) is 49.1 Å². The number of rotatable bonds is 8. The second-order valence-electron chi connectivity index (χ2n) is 9.63. The molecule has 1 aliphatic rings. The van der Waals surface area contributed by atoms with Gasteiger partial charge >= 0.3 is 0 Å². The number of aromatic nitrogens is 2. The first kappa shape index (κ1) is 23.7. The number of hydrogen-bond donors (Lipinski definition) is 1. The van der Waals surface area contributed by atoms with E-state index in [1.165, 1.54) is 10.9 Å². The lowest BCUT2D eigenvalue weighted by Crippen LogP contribution is -2.78. The molecule has 2 atom stereocenters. The van der Waals surface area contributed by atoms with Crippen molar-refractivity contribution in [3.8, 4) is 5.75 Å². The summed E-state index contributed by atoms with van der Waals surface area (Å²) in [4.78, 5) is 42.1. The summed E-state index contributed by atoms with van der Waals surface area (Å²) in [7, 11) is -2.18. The molecular weight excluding hydrogens is 424 g/mol. The van der Waals surface area contributed by atoms with Gasteiger partial charge in [-0.1, -0.05) is 52.1 Å². The van der Waals surface area contributed by atoms with Crippen molar-refractivity contribution in [2.45, 2.75) is 63.8 Å². The number of para-hydroxylation sites is 1. The van der Waals surface area contributed by atoms with E-state index in [4.69, 9.17) is 4.74 Å². The number of hydrogen-bond acceptors (Lipinski definition) is 5. The average molecular weight is 457 g/mol. The van der Waals surface area contributed by atoms with E-state index >= 15 is 0 Å². The summed E-state index contributed by atoms with van der Waals surface area (Å²) in [5.74, 6) is 0.0697. The lowest BCUT2D eigenvalue weighted by molar-refractivity contribution is -0.147. The molecule has 1 aliphatic heterocycles. The van der Waals surface area contributed by atoms with E-state index in [2.05, 4.69) is 44.2 Å². The Hall–Kier alpha value is -2.94. The van der Waals surface area contributed by atoms with Gasteiger partial charge in [-0.3, -0.25) is 19.0 Å². The van der Waals surface area contributed by atoms with Crippen LogP contribution in [0.3, 0.4) is 0 Å². The van der Waals surface area contributed by atoms with Gasteiger partial charge in [0, 0.05) is 18.8 Å². The molecular formula is C23H32N4O4Si. The molecule has 0 bridgehead atoms. The molecule has 32 heavy (non-hydrogen) atoms. The van der Waals surface area contributed by atoms with Crippen molar-refractivity contribution < 1.29 is 19.1 Å². The van der Waals surface area contributed by atoms with Gasteiger partial charge in [0.2, 0.25) is 11.8 Å². The van der Waals surface area contributed by atoms with Crippen molar-refractivity contribution in [2.24, 2.45) is 0 Å². The van der Waals surface area contributed by atoms with E-state index in [1.807, 2.05) is 22.8 Å². The first-order valence-corrected chi connectivity index (χ1v) is 13.8. The minimum absolute atomic E-state index is 0.0549. The number of ether oxygens (including phenoxy) is 1. The first-order chi connectivity index (χ1) is 15.0. The van der Waals surface area contributed by atoms with Crippen LogP contribution >= 0.6 is 0 Å². The minimum atomic E-state index is -2.18. The zero-order valence-corrected chi connectivity index (χ0v) is 20.4. The number of carbonyl (C=O) groups is 3. The molecule has 0 aliphatic carbocycles. The van der Waals surface area contributed by atoms with Gasteiger partial charge in [0.05, 0.1) is 6.04 Å². The molecule has 0 unspecified atom stereocenters. The van der Waals surface area contributed by atoms with Crippen LogP contribution < -0.4 is 10.1 Å². The first-order valence-electron chi connectivity index (χ1n) is 10.8. The predicted octanol–water partition coefficient (Wildman–Crippen LogP) is 3.08. The van der Waals surface area contributed by atoms with Crippen molar-refractivity contribution >= 4 is 26.0 Å². The maximum atomic E-state index is 13.2. The fourth-order valence-corrected chi connectivity index (χ4v) is 6.26. The largest absolute Gasteiger partial charge is 0.484 e. The van der Waals surface area contributed by atoms with E-state index in [9.17, 15) is 14.4 Å². The lowest BCUT2D eigenvalue weighted by atomic mass is 9.94. The molecule has 2 aromatic rings. The normalized spacial score (nSPS) is 18.8. The molecule has 0 spiro atoms. The molecule has 172 valence electrons. The number of β-lactam (4-membered cyclic amide) rings is 1. The highest BCUT2D eigenvalue weighted by molar-refractivity contribution is 6.80. The Morgan fingerprint density at radius 2 is 1.88 bits per heavy atom. The third kappa shape index (κ3) is 4.93. The third-order valence-corrected chi connectivity index (χ3v) is 12.0. The van der Waals surface area contributed by atoms with Crippen LogP contribution in [0.2, 0.25) is 18.1 Å². The van der Waals surface area contributed by atoms with E-state index in [-0.39, 0.29) is 41.8 Å². The number of carbonyl (C=O) groups excluding carboxylic acids is 3. The Kier molecular flexibility index (Phi) is 6.87. The summed E-state index contributed by atoms with van der Waals surface area (Å²) >= 11 is 0. The van der Waals surface area contributed by atoms with Crippen LogP contribution in [0.5, 0.6) is 5.75 Å². The van der Waals surface area contributed by atoms with Crippen LogP contribution in [0.25, 0.3) is 0 Å². The standard InChI is InChI=1S/C23H32N4O4Si/c1-23(2,3)32(4,5)27-18(11-12-20(29)26-14-13-24-16-26)21(22(27)30)25-19(28)15-31-17-9-7-6-8-10-17/h6-10,13-14,16,18,21H,11-12,15H2,1-5H3,(H,25,28)/t18-,21+/m1/s1. The molecule has 0 radical (unpaired) electrons. The Bertz CT molecular complexity index is 954. The molecule has 9 heteroatoms. The molecule has 1 N–H and O–H groups in total. The molecule has 2 heterocycles. The zero-order chi connectivity index (χ0) is 23.5. The summed E-state index contributed by atoms with van der Waals surface area (Å²) in [6, 6.07) is 8.19. The third-order valence-electron chi connectivity index (χ3n) is 6.53. The summed E-state index contributed by atoms with van der Waals surface area (Å²) < 4.78 is 8.91. The number of benzene rings is 1. The van der Waals surface area contributed by atoms with Gasteiger partial charge in [-0.2, -0.15) is 0 Å². The fourth-order valence-electron chi connectivity index (χ4n) is 3.74. The van der Waals surface area contributed by atoms with Crippen LogP contribution in [-0.4, -0.2) is 58.8 Å². The van der Waals surface area contributed by atoms with Crippen LogP contribution in [0, 0.1) is 0 Å². The van der Waals surface area contributed by atoms with Crippen LogP contribution in [0.15, 0.2) is 49.1 Å². The Morgan fingerprint density at radius 1 is 1.19 bits per heavy atom. The second-order valence-corrected chi connectivity index (χ2v) is 14.7. The zero-order valence-electron chi connectivity index (χ0n) is 19.4. The number of nitrogens with one attached hydrogen (secondary N) is 1. The summed E-state index contributed by atoms with van der Waals surface area (Å²) in [5.41, 5.74) is 0. The monoisotopic (exact) mass is 456 g/mol. The van der Waals surface area contributed by atoms with Crippen LogP contribution in [0.1, 0.15) is 38.4 Å². The van der Waals surface area contributed by atoms with Crippen molar-refractivity contribution in [2.75, 3.05) is 6.61 Å². The molecule has 2 amide bonds. The number of nitrogens with zero attached hydrogens (tertiary/aromatic N) is 3. The molecule has 3 rings (SSSR count). The van der Waals surface area contributed by atoms with E-state index in [0.29, 0.717) is 12.2 Å². The number of imidazole rings is 1. The molecule has 1 saturated heterocycles. The fraction of sp³-hybridized carbons (Fsp3) is 0.478. The van der Waals surface area contributed by atoms with Crippen molar-refractivity contribution in [1.82, 2.24) is 19.4 Å². The van der Waals surface area contributed by atoms with Crippen LogP contribution in [-0.2, 0) is 9.59 Å². The maximum absolute atomic E-state index is 13.2. The van der Waals surface area contributed by atoms with Crippen LogP contribution in [0.4, 0.5) is 0 Å². The average Bonchev–Trinajstić information content (AvgIpc) is 3.28. The molecule has 1 aromatic heterocycles. The van der Waals surface area contributed by atoms with Crippen molar-refractivity contribution in [1.29, 1.82) is 0 Å². The maximum Gasteiger partial charge on any atom is 0.258 e. The van der Waals surface area contributed by atoms with E-state index < -0.39 is 14.3 Å². The van der Waals surface area contributed by atoms with E-state index in [0.717, 1.165) is 0 Å². The van der Waals surface area contributed by atoms with Gasteiger partial charge in [-0.05, 0) is 23.6 Å². The van der Waals surface area contributed by atoms with Crippen molar-refractivity contribution in [3.63, 3.8) is 0 Å². The van der Waals surface area contributed by atoms with Gasteiger partial charge in [0.1, 0.15) is 18.1 Å². The smallest absolute Gasteiger partial charge is 0.258 e. The summed E-state index contributed by atoms with van der Waals surface area (Å²) in [5, 5.41) is 2.78. The highest BCUT2D eigenvalue weighted by atomic mass is 28.3. The Balaban J connectivity index is 1.69. The minimum Gasteiger partial charge on any atom is -0.484 e. The highest BCUT2D eigenvalue weighted by Crippen LogP contribution is 2.43. The molecule has 1 fully saturated rings. The van der Waals surface area contributed by atoms with E-state index in [1.54, 1.807) is 24.5 Å². The van der Waals surface area contributed by atoms with Gasteiger partial charge < -0.3 is 14.6 Å². The molecule has 1 aromatic carbocycles. The summed E-state index contributed by atoms with van der Waals surface area (Å²) in [6.45, 7) is 10.6. The molecule has 8 nitrogen and oxygen atoms in total. The number of amides is 2. The SMILES string of the molecule is CC(C)(C)[Si](C)(C)N1C(=O)[C@@H](NC(=O)COc2ccccc2)[C@H]1CCC(=O)n1ccnc1. The predicted molar refractivity (Wildman–Crippen MR) is 124 cm³/mol. The Morgan fingerprint density at radius 3 is 2.47 bits per heavy atom. The van der Waals surface area contributed by atoms with Gasteiger partial charge in [-0.25, -0.2) is 4.98 Å². The topological polar surface area (TPSA) is 93.5 Å². The quantitative estimate of drug-likeness (QED) is 0.487. The summed E-state index contributed by atoms with van der Waals surface area (Å²) in [6.07, 6.45) is 5.37. The lowest BCUT2D eigenvalue weighted by Gasteiger charge is -2.58. The highest BCUT2D eigenvalue weighted by Gasteiger charge is 2.57. The van der Waals surface area contributed by atoms with Gasteiger partial charge in [-0.15, -0.1) is 0 Å². The van der Waals surface area contributed by atoms with Gasteiger partial charge in [0.15, 0.2) is 14.8 Å². The Labute approximate surface area is 190 Å². The second kappa shape index (κ2) is 9.28. The van der Waals surface area contributed by atoms with Gasteiger partial charge in [0.25, 0.3) is 5.91 Å². The molecule has 0 saturated carbocycles.